The molecular weight excluding hydrogens is 200 g/mol. The Morgan fingerprint density at radius 2 is 2.20 bits per heavy atom. The third kappa shape index (κ3) is 3.80. The first-order chi connectivity index (χ1) is 7.09. The van der Waals surface area contributed by atoms with Gasteiger partial charge < -0.3 is 15.7 Å². The monoisotopic (exact) mass is 212 g/mol. The zero-order valence-corrected chi connectivity index (χ0v) is 8.03. The summed E-state index contributed by atoms with van der Waals surface area (Å²) in [6.45, 7) is 0.621. The number of hydrogen-bond donors (Lipinski definition) is 3. The predicted octanol–water partition coefficient (Wildman–Crippen LogP) is -0.978. The lowest BCUT2D eigenvalue weighted by Gasteiger charge is -2.21. The first kappa shape index (κ1) is 11.2. The molecule has 0 radical (unpaired) electrons. The van der Waals surface area contributed by atoms with Gasteiger partial charge in [-0.1, -0.05) is 0 Å². The summed E-state index contributed by atoms with van der Waals surface area (Å²) in [5, 5.41) is 13.3. The lowest BCUT2D eigenvalue weighted by atomic mass is 10.1. The molecule has 3 N–H and O–H groups in total. The van der Waals surface area contributed by atoms with E-state index in [1.54, 1.807) is 0 Å². The van der Waals surface area contributed by atoms with E-state index in [9.17, 15) is 14.4 Å². The largest absolute Gasteiger partial charge is 0.478 e. The smallest absolute Gasteiger partial charge is 0.328 e. The molecule has 0 aromatic heterocycles. The molecule has 82 valence electrons. The molecule has 0 aromatic carbocycles. The second-order valence-electron chi connectivity index (χ2n) is 3.17. The molecule has 1 aliphatic heterocycles. The summed E-state index contributed by atoms with van der Waals surface area (Å²) in [6.07, 6.45) is 3.01. The first-order valence-electron chi connectivity index (χ1n) is 4.59. The molecule has 1 heterocycles. The van der Waals surface area contributed by atoms with E-state index in [2.05, 4.69) is 10.6 Å². The van der Waals surface area contributed by atoms with Gasteiger partial charge >= 0.3 is 5.97 Å². The molecule has 0 aliphatic carbocycles. The van der Waals surface area contributed by atoms with Crippen molar-refractivity contribution in [1.82, 2.24) is 10.6 Å². The zero-order valence-electron chi connectivity index (χ0n) is 8.03. The number of rotatable bonds is 3. The molecule has 1 fully saturated rings. The predicted molar refractivity (Wildman–Crippen MR) is 51.0 cm³/mol. The SMILES string of the molecule is O=C(O)C=CC(=O)NC1CCCNC1=O. The Kier molecular flexibility index (Phi) is 3.84. The van der Waals surface area contributed by atoms with Gasteiger partial charge in [-0.3, -0.25) is 9.59 Å². The second-order valence-corrected chi connectivity index (χ2v) is 3.17. The van der Waals surface area contributed by atoms with Crippen LogP contribution in [-0.4, -0.2) is 35.5 Å². The average Bonchev–Trinajstić information content (AvgIpc) is 2.18. The molecule has 0 bridgehead atoms. The van der Waals surface area contributed by atoms with E-state index in [1.165, 1.54) is 0 Å². The van der Waals surface area contributed by atoms with E-state index < -0.39 is 17.9 Å². The van der Waals surface area contributed by atoms with Crippen molar-refractivity contribution in [3.8, 4) is 0 Å². The van der Waals surface area contributed by atoms with Gasteiger partial charge in [0.15, 0.2) is 0 Å². The molecule has 6 nitrogen and oxygen atoms in total. The van der Waals surface area contributed by atoms with Crippen molar-refractivity contribution < 1.29 is 19.5 Å². The summed E-state index contributed by atoms with van der Waals surface area (Å²) < 4.78 is 0. The molecule has 0 aromatic rings. The number of nitrogens with one attached hydrogen (secondary N) is 2. The Hall–Kier alpha value is -1.85. The standard InChI is InChI=1S/C9H12N2O4/c12-7(3-4-8(13)14)11-6-2-1-5-10-9(6)15/h3-4,6H,1-2,5H2,(H,10,15)(H,11,12)(H,13,14). The van der Waals surface area contributed by atoms with E-state index in [4.69, 9.17) is 5.11 Å². The van der Waals surface area contributed by atoms with Crippen molar-refractivity contribution in [1.29, 1.82) is 0 Å². The Labute approximate surface area is 86.3 Å². The van der Waals surface area contributed by atoms with Crippen LogP contribution in [0.1, 0.15) is 12.8 Å². The second kappa shape index (κ2) is 5.14. The average molecular weight is 212 g/mol. The van der Waals surface area contributed by atoms with Gasteiger partial charge in [0.1, 0.15) is 6.04 Å². The van der Waals surface area contributed by atoms with Gasteiger partial charge in [0.25, 0.3) is 0 Å². The fraction of sp³-hybridized carbons (Fsp3) is 0.444. The number of carboxylic acids is 1. The summed E-state index contributed by atoms with van der Waals surface area (Å²) >= 11 is 0. The molecule has 1 rings (SSSR count). The Morgan fingerprint density at radius 1 is 1.47 bits per heavy atom. The summed E-state index contributed by atoms with van der Waals surface area (Å²) in [7, 11) is 0. The highest BCUT2D eigenvalue weighted by molar-refractivity contribution is 5.96. The van der Waals surface area contributed by atoms with E-state index in [-0.39, 0.29) is 5.91 Å². The van der Waals surface area contributed by atoms with Gasteiger partial charge in [0.2, 0.25) is 11.8 Å². The Morgan fingerprint density at radius 3 is 2.80 bits per heavy atom. The number of carbonyl (C=O) groups is 3. The Balaban J connectivity index is 2.43. The topological polar surface area (TPSA) is 95.5 Å². The minimum absolute atomic E-state index is 0.224. The third-order valence-corrected chi connectivity index (χ3v) is 1.98. The molecule has 6 heteroatoms. The molecular formula is C9H12N2O4. The van der Waals surface area contributed by atoms with Crippen LogP contribution in [0.5, 0.6) is 0 Å². The maximum atomic E-state index is 11.2. The van der Waals surface area contributed by atoms with E-state index in [0.29, 0.717) is 13.0 Å². The molecule has 2 amide bonds. The van der Waals surface area contributed by atoms with Gasteiger partial charge in [-0.05, 0) is 12.8 Å². The van der Waals surface area contributed by atoms with E-state index in [1.807, 2.05) is 0 Å². The highest BCUT2D eigenvalue weighted by Crippen LogP contribution is 2.02. The van der Waals surface area contributed by atoms with Crippen LogP contribution in [0.3, 0.4) is 0 Å². The maximum absolute atomic E-state index is 11.2. The number of carbonyl (C=O) groups excluding carboxylic acids is 2. The van der Waals surface area contributed by atoms with Crippen LogP contribution in [-0.2, 0) is 14.4 Å². The highest BCUT2D eigenvalue weighted by Gasteiger charge is 2.22. The normalized spacial score (nSPS) is 21.1. The van der Waals surface area contributed by atoms with Crippen molar-refractivity contribution in [2.75, 3.05) is 6.54 Å². The van der Waals surface area contributed by atoms with Crippen molar-refractivity contribution in [2.24, 2.45) is 0 Å². The fourth-order valence-corrected chi connectivity index (χ4v) is 1.28. The fourth-order valence-electron chi connectivity index (χ4n) is 1.28. The Bertz CT molecular complexity index is 311. The number of hydrogen-bond acceptors (Lipinski definition) is 3. The summed E-state index contributed by atoms with van der Waals surface area (Å²) in [5.41, 5.74) is 0. The lowest BCUT2D eigenvalue weighted by Crippen LogP contribution is -2.49. The molecule has 1 unspecified atom stereocenters. The minimum atomic E-state index is -1.20. The number of amides is 2. The van der Waals surface area contributed by atoms with Crippen molar-refractivity contribution in [3.05, 3.63) is 12.2 Å². The number of aliphatic carboxylic acids is 1. The molecule has 0 spiro atoms. The molecule has 1 atom stereocenters. The van der Waals surface area contributed by atoms with Crippen molar-refractivity contribution in [3.63, 3.8) is 0 Å². The molecule has 1 saturated heterocycles. The van der Waals surface area contributed by atoms with E-state index in [0.717, 1.165) is 18.6 Å². The third-order valence-electron chi connectivity index (χ3n) is 1.98. The number of piperidine rings is 1. The van der Waals surface area contributed by atoms with Crippen LogP contribution >= 0.6 is 0 Å². The maximum Gasteiger partial charge on any atom is 0.328 e. The molecule has 15 heavy (non-hydrogen) atoms. The molecule has 0 saturated carbocycles. The van der Waals surface area contributed by atoms with Crippen LogP contribution in [0, 0.1) is 0 Å². The van der Waals surface area contributed by atoms with Crippen LogP contribution in [0.2, 0.25) is 0 Å². The van der Waals surface area contributed by atoms with Crippen LogP contribution < -0.4 is 10.6 Å². The zero-order chi connectivity index (χ0) is 11.3. The van der Waals surface area contributed by atoms with Crippen LogP contribution in [0.4, 0.5) is 0 Å². The molecule has 1 aliphatic rings. The van der Waals surface area contributed by atoms with Crippen LogP contribution in [0.15, 0.2) is 12.2 Å². The highest BCUT2D eigenvalue weighted by atomic mass is 16.4. The van der Waals surface area contributed by atoms with Crippen molar-refractivity contribution in [2.45, 2.75) is 18.9 Å². The number of carboxylic acid groups (broad SMARTS) is 1. The van der Waals surface area contributed by atoms with Crippen molar-refractivity contribution >= 4 is 17.8 Å². The minimum Gasteiger partial charge on any atom is -0.478 e. The first-order valence-corrected chi connectivity index (χ1v) is 4.59. The van der Waals surface area contributed by atoms with Gasteiger partial charge in [-0.2, -0.15) is 0 Å². The summed E-state index contributed by atoms with van der Waals surface area (Å²) in [5.74, 6) is -1.99. The van der Waals surface area contributed by atoms with Gasteiger partial charge in [-0.15, -0.1) is 0 Å². The van der Waals surface area contributed by atoms with Gasteiger partial charge in [0, 0.05) is 18.7 Å². The summed E-state index contributed by atoms with van der Waals surface area (Å²) in [4.78, 5) is 32.4. The van der Waals surface area contributed by atoms with Gasteiger partial charge in [0.05, 0.1) is 0 Å². The lowest BCUT2D eigenvalue weighted by molar-refractivity contribution is -0.131. The van der Waals surface area contributed by atoms with Crippen LogP contribution in [0.25, 0.3) is 0 Å². The summed E-state index contributed by atoms with van der Waals surface area (Å²) in [6, 6.07) is -0.551. The van der Waals surface area contributed by atoms with E-state index >= 15 is 0 Å². The van der Waals surface area contributed by atoms with Gasteiger partial charge in [-0.25, -0.2) is 4.79 Å². The quantitative estimate of drug-likeness (QED) is 0.524.